The lowest BCUT2D eigenvalue weighted by atomic mass is 10.1. The molecule has 5 nitrogen and oxygen atoms in total. The molecule has 25 heavy (non-hydrogen) atoms. The maximum Gasteiger partial charge on any atom is 0.261 e. The number of thiophene rings is 1. The van der Waals surface area contributed by atoms with E-state index in [4.69, 9.17) is 28.9 Å². The number of carbonyl (C=O) groups excluding carboxylic acids is 1. The standard InChI is InChI=1S/C17H16Cl2N4OS/c1-23-14(6-7-21-23)11-8-15(25-16(11)19)17(24)22-13(9-20)10-4-2-3-5-12(10)18/h2-8,13H,9,20H2,1H3,(H,22,24). The summed E-state index contributed by atoms with van der Waals surface area (Å²) in [6.07, 6.45) is 1.69. The molecule has 0 radical (unpaired) electrons. The highest BCUT2D eigenvalue weighted by atomic mass is 35.5. The van der Waals surface area contributed by atoms with Gasteiger partial charge in [-0.25, -0.2) is 0 Å². The molecular weight excluding hydrogens is 379 g/mol. The Kier molecular flexibility index (Phi) is 5.44. The van der Waals surface area contributed by atoms with Crippen molar-refractivity contribution in [3.63, 3.8) is 0 Å². The van der Waals surface area contributed by atoms with Crippen LogP contribution in [0.25, 0.3) is 11.3 Å². The molecule has 0 aliphatic heterocycles. The van der Waals surface area contributed by atoms with Crippen LogP contribution in [0.5, 0.6) is 0 Å². The number of aryl methyl sites for hydroxylation is 1. The molecule has 0 bridgehead atoms. The number of rotatable bonds is 5. The van der Waals surface area contributed by atoms with Gasteiger partial charge >= 0.3 is 0 Å². The summed E-state index contributed by atoms with van der Waals surface area (Å²) in [7, 11) is 1.82. The third-order valence-corrected chi connectivity index (χ3v) is 5.53. The lowest BCUT2D eigenvalue weighted by Crippen LogP contribution is -2.33. The summed E-state index contributed by atoms with van der Waals surface area (Å²) in [4.78, 5) is 13.1. The van der Waals surface area contributed by atoms with Crippen molar-refractivity contribution in [2.45, 2.75) is 6.04 Å². The van der Waals surface area contributed by atoms with Crippen molar-refractivity contribution in [3.8, 4) is 11.3 Å². The van der Waals surface area contributed by atoms with Gasteiger partial charge in [0.25, 0.3) is 5.91 Å². The minimum Gasteiger partial charge on any atom is -0.343 e. The second-order valence-corrected chi connectivity index (χ2v) is 7.48. The zero-order chi connectivity index (χ0) is 18.0. The molecule has 3 aromatic rings. The summed E-state index contributed by atoms with van der Waals surface area (Å²) in [5.41, 5.74) is 8.24. The molecule has 8 heteroatoms. The zero-order valence-corrected chi connectivity index (χ0v) is 15.7. The van der Waals surface area contributed by atoms with E-state index < -0.39 is 0 Å². The van der Waals surface area contributed by atoms with Crippen molar-refractivity contribution in [1.29, 1.82) is 0 Å². The van der Waals surface area contributed by atoms with Gasteiger partial charge in [-0.05, 0) is 23.8 Å². The van der Waals surface area contributed by atoms with Crippen LogP contribution >= 0.6 is 34.5 Å². The number of benzene rings is 1. The fraction of sp³-hybridized carbons (Fsp3) is 0.176. The molecule has 0 aliphatic rings. The summed E-state index contributed by atoms with van der Waals surface area (Å²) in [6, 6.07) is 10.6. The van der Waals surface area contributed by atoms with E-state index in [-0.39, 0.29) is 18.5 Å². The number of nitrogens with two attached hydrogens (primary N) is 1. The SMILES string of the molecule is Cn1nccc1-c1cc(C(=O)NC(CN)c2ccccc2Cl)sc1Cl. The average Bonchev–Trinajstić information content (AvgIpc) is 3.18. The largest absolute Gasteiger partial charge is 0.343 e. The second-order valence-electron chi connectivity index (χ2n) is 5.42. The van der Waals surface area contributed by atoms with Crippen molar-refractivity contribution in [2.24, 2.45) is 12.8 Å². The molecular formula is C17H16Cl2N4OS. The van der Waals surface area contributed by atoms with Crippen LogP contribution in [0.2, 0.25) is 9.36 Å². The van der Waals surface area contributed by atoms with Crippen LogP contribution in [0.4, 0.5) is 0 Å². The van der Waals surface area contributed by atoms with E-state index in [1.165, 1.54) is 11.3 Å². The number of aromatic nitrogens is 2. The third kappa shape index (κ3) is 3.72. The predicted molar refractivity (Wildman–Crippen MR) is 102 cm³/mol. The first-order chi connectivity index (χ1) is 12.0. The summed E-state index contributed by atoms with van der Waals surface area (Å²) in [6.45, 7) is 0.239. The highest BCUT2D eigenvalue weighted by Crippen LogP contribution is 2.35. The predicted octanol–water partition coefficient (Wildman–Crippen LogP) is 3.89. The molecule has 1 aromatic carbocycles. The first kappa shape index (κ1) is 17.9. The van der Waals surface area contributed by atoms with E-state index in [9.17, 15) is 4.79 Å². The fourth-order valence-electron chi connectivity index (χ4n) is 2.54. The number of nitrogens with one attached hydrogen (secondary N) is 1. The Morgan fingerprint density at radius 2 is 2.12 bits per heavy atom. The van der Waals surface area contributed by atoms with Gasteiger partial charge in [-0.1, -0.05) is 41.4 Å². The molecule has 0 fully saturated rings. The molecule has 0 saturated heterocycles. The summed E-state index contributed by atoms with van der Waals surface area (Å²) >= 11 is 13.7. The van der Waals surface area contributed by atoms with Gasteiger partial charge in [0.15, 0.2) is 0 Å². The van der Waals surface area contributed by atoms with Gasteiger partial charge in [-0.15, -0.1) is 11.3 Å². The van der Waals surface area contributed by atoms with Crippen LogP contribution < -0.4 is 11.1 Å². The maximum atomic E-state index is 12.6. The van der Waals surface area contributed by atoms with E-state index >= 15 is 0 Å². The minimum atomic E-state index is -0.373. The van der Waals surface area contributed by atoms with Gasteiger partial charge < -0.3 is 11.1 Å². The molecule has 3 N–H and O–H groups in total. The molecule has 3 rings (SSSR count). The highest BCUT2D eigenvalue weighted by Gasteiger charge is 2.20. The Labute approximate surface area is 159 Å². The van der Waals surface area contributed by atoms with Crippen LogP contribution in [-0.2, 0) is 7.05 Å². The monoisotopic (exact) mass is 394 g/mol. The Bertz CT molecular complexity index is 906. The fourth-order valence-corrected chi connectivity index (χ4v) is 4.01. The number of hydrogen-bond donors (Lipinski definition) is 2. The normalized spacial score (nSPS) is 12.2. The number of hydrogen-bond acceptors (Lipinski definition) is 4. The van der Waals surface area contributed by atoms with Gasteiger partial charge in [0, 0.05) is 30.4 Å². The van der Waals surface area contributed by atoms with Gasteiger partial charge in [-0.2, -0.15) is 5.10 Å². The number of halogens is 2. The quantitative estimate of drug-likeness (QED) is 0.689. The zero-order valence-electron chi connectivity index (χ0n) is 13.4. The van der Waals surface area contributed by atoms with E-state index in [1.54, 1.807) is 23.0 Å². The first-order valence-corrected chi connectivity index (χ1v) is 9.11. The van der Waals surface area contributed by atoms with Crippen molar-refractivity contribution >= 4 is 40.4 Å². The summed E-state index contributed by atoms with van der Waals surface area (Å²) < 4.78 is 2.25. The van der Waals surface area contributed by atoms with Crippen LogP contribution in [-0.4, -0.2) is 22.2 Å². The summed E-state index contributed by atoms with van der Waals surface area (Å²) in [5.74, 6) is -0.240. The van der Waals surface area contributed by atoms with E-state index in [2.05, 4.69) is 10.4 Å². The van der Waals surface area contributed by atoms with Gasteiger partial charge in [-0.3, -0.25) is 9.48 Å². The maximum absolute atomic E-state index is 12.6. The molecule has 0 aliphatic carbocycles. The van der Waals surface area contributed by atoms with Crippen LogP contribution in [0.3, 0.4) is 0 Å². The Balaban J connectivity index is 1.84. The molecule has 2 aromatic heterocycles. The van der Waals surface area contributed by atoms with Gasteiger partial charge in [0.2, 0.25) is 0 Å². The minimum absolute atomic E-state index is 0.239. The lowest BCUT2D eigenvalue weighted by Gasteiger charge is -2.18. The Morgan fingerprint density at radius 1 is 1.36 bits per heavy atom. The summed E-state index contributed by atoms with van der Waals surface area (Å²) in [5, 5.41) is 7.62. The van der Waals surface area contributed by atoms with Crippen LogP contribution in [0.15, 0.2) is 42.6 Å². The van der Waals surface area contributed by atoms with Gasteiger partial charge in [0.1, 0.15) is 4.34 Å². The topological polar surface area (TPSA) is 72.9 Å². The number of carbonyl (C=O) groups is 1. The molecule has 1 unspecified atom stereocenters. The molecule has 130 valence electrons. The second kappa shape index (κ2) is 7.58. The van der Waals surface area contributed by atoms with Gasteiger partial charge in [0.05, 0.1) is 16.6 Å². The molecule has 0 saturated carbocycles. The number of amides is 1. The lowest BCUT2D eigenvalue weighted by molar-refractivity contribution is 0.0942. The molecule has 1 amide bonds. The van der Waals surface area contributed by atoms with Crippen LogP contribution in [0, 0.1) is 0 Å². The average molecular weight is 395 g/mol. The highest BCUT2D eigenvalue weighted by molar-refractivity contribution is 7.18. The molecule has 0 spiro atoms. The van der Waals surface area contributed by atoms with Crippen molar-refractivity contribution < 1.29 is 4.79 Å². The first-order valence-electron chi connectivity index (χ1n) is 7.54. The van der Waals surface area contributed by atoms with Crippen molar-refractivity contribution in [2.75, 3.05) is 6.54 Å². The smallest absolute Gasteiger partial charge is 0.261 e. The molecule has 2 heterocycles. The third-order valence-electron chi connectivity index (χ3n) is 3.83. The molecule has 1 atom stereocenters. The van der Waals surface area contributed by atoms with E-state index in [0.29, 0.717) is 14.2 Å². The Hall–Kier alpha value is -1.86. The van der Waals surface area contributed by atoms with Crippen molar-refractivity contribution in [3.05, 3.63) is 62.4 Å². The van der Waals surface area contributed by atoms with Crippen molar-refractivity contribution in [1.82, 2.24) is 15.1 Å². The number of nitrogens with zero attached hydrogens (tertiary/aromatic N) is 2. The van der Waals surface area contributed by atoms with E-state index in [0.717, 1.165) is 16.8 Å². The Morgan fingerprint density at radius 3 is 2.76 bits per heavy atom. The van der Waals surface area contributed by atoms with E-state index in [1.807, 2.05) is 31.3 Å². The van der Waals surface area contributed by atoms with Crippen LogP contribution in [0.1, 0.15) is 21.3 Å².